The van der Waals surface area contributed by atoms with Gasteiger partial charge in [0.25, 0.3) is 5.92 Å². The van der Waals surface area contributed by atoms with E-state index in [4.69, 9.17) is 10.5 Å². The predicted molar refractivity (Wildman–Crippen MR) is 65.7 cm³/mol. The number of hydrogen-bond donors (Lipinski definition) is 3. The van der Waals surface area contributed by atoms with E-state index in [0.29, 0.717) is 0 Å². The van der Waals surface area contributed by atoms with Crippen LogP contribution in [0.5, 0.6) is 0 Å². The van der Waals surface area contributed by atoms with Crippen molar-refractivity contribution in [3.05, 3.63) is 0 Å². The van der Waals surface area contributed by atoms with Gasteiger partial charge in [-0.2, -0.15) is 0 Å². The fourth-order valence-corrected chi connectivity index (χ4v) is 0.985. The average Bonchev–Trinajstić information content (AvgIpc) is 2.21. The predicted octanol–water partition coefficient (Wildman–Crippen LogP) is 1.08. The number of alkyl halides is 2. The second kappa shape index (κ2) is 6.84. The summed E-state index contributed by atoms with van der Waals surface area (Å²) < 4.78 is 31.5. The Bertz CT molecular complexity index is 268. The summed E-state index contributed by atoms with van der Waals surface area (Å²) in [4.78, 5) is 11.2. The molecule has 4 N–H and O–H groups in total. The summed E-state index contributed by atoms with van der Waals surface area (Å²) in [6.45, 7) is 5.65. The van der Waals surface area contributed by atoms with Crippen LogP contribution in [-0.2, 0) is 4.74 Å². The van der Waals surface area contributed by atoms with Gasteiger partial charge in [-0.15, -0.1) is 0 Å². The molecular weight excluding hydrogens is 244 g/mol. The zero-order valence-electron chi connectivity index (χ0n) is 11.3. The van der Waals surface area contributed by atoms with Gasteiger partial charge in [0.15, 0.2) is 0 Å². The van der Waals surface area contributed by atoms with E-state index in [0.717, 1.165) is 0 Å². The number of carbonyl (C=O) groups excluding carboxylic acids is 1. The SMILES string of the molecule is CC(CN)NCC(F)(F)CNC(=O)OC(C)(C)C. The summed E-state index contributed by atoms with van der Waals surface area (Å²) in [6.07, 6.45) is -0.853. The Morgan fingerprint density at radius 3 is 2.33 bits per heavy atom. The van der Waals surface area contributed by atoms with Gasteiger partial charge in [0.05, 0.1) is 13.1 Å². The molecule has 1 unspecified atom stereocenters. The van der Waals surface area contributed by atoms with Gasteiger partial charge < -0.3 is 21.1 Å². The molecule has 0 aliphatic heterocycles. The molecule has 0 saturated heterocycles. The van der Waals surface area contributed by atoms with Crippen molar-refractivity contribution in [2.24, 2.45) is 5.73 Å². The van der Waals surface area contributed by atoms with Gasteiger partial charge in [0.1, 0.15) is 5.60 Å². The maximum absolute atomic E-state index is 13.3. The van der Waals surface area contributed by atoms with Crippen molar-refractivity contribution < 1.29 is 18.3 Å². The van der Waals surface area contributed by atoms with Crippen LogP contribution in [0.2, 0.25) is 0 Å². The first-order valence-electron chi connectivity index (χ1n) is 5.84. The van der Waals surface area contributed by atoms with Crippen molar-refractivity contribution in [3.63, 3.8) is 0 Å². The Morgan fingerprint density at radius 2 is 1.89 bits per heavy atom. The lowest BCUT2D eigenvalue weighted by Gasteiger charge is -2.23. The molecule has 0 aromatic heterocycles. The van der Waals surface area contributed by atoms with Crippen molar-refractivity contribution in [1.82, 2.24) is 10.6 Å². The average molecular weight is 267 g/mol. The molecule has 0 aliphatic rings. The molecule has 1 atom stereocenters. The minimum atomic E-state index is -3.04. The van der Waals surface area contributed by atoms with E-state index < -0.39 is 30.7 Å². The maximum Gasteiger partial charge on any atom is 0.407 e. The smallest absolute Gasteiger partial charge is 0.407 e. The lowest BCUT2D eigenvalue weighted by Crippen LogP contribution is -2.47. The van der Waals surface area contributed by atoms with Crippen molar-refractivity contribution in [2.75, 3.05) is 19.6 Å². The zero-order chi connectivity index (χ0) is 14.4. The van der Waals surface area contributed by atoms with Crippen LogP contribution in [0.3, 0.4) is 0 Å². The molecule has 0 spiro atoms. The molecule has 108 valence electrons. The molecule has 0 heterocycles. The molecular formula is C11H23F2N3O2. The first-order valence-corrected chi connectivity index (χ1v) is 5.84. The van der Waals surface area contributed by atoms with E-state index in [1.807, 2.05) is 5.32 Å². The number of ether oxygens (including phenoxy) is 1. The van der Waals surface area contributed by atoms with Gasteiger partial charge in [-0.25, -0.2) is 13.6 Å². The molecule has 0 aromatic carbocycles. The minimum Gasteiger partial charge on any atom is -0.444 e. The Labute approximate surface area is 106 Å². The third kappa shape index (κ3) is 9.12. The van der Waals surface area contributed by atoms with Gasteiger partial charge in [0, 0.05) is 12.6 Å². The number of rotatable bonds is 6. The highest BCUT2D eigenvalue weighted by atomic mass is 19.3. The second-order valence-electron chi connectivity index (χ2n) is 5.23. The van der Waals surface area contributed by atoms with Crippen LogP contribution >= 0.6 is 0 Å². The van der Waals surface area contributed by atoms with E-state index in [-0.39, 0.29) is 12.6 Å². The van der Waals surface area contributed by atoms with Gasteiger partial charge >= 0.3 is 6.09 Å². The van der Waals surface area contributed by atoms with Crippen LogP contribution in [0.25, 0.3) is 0 Å². The van der Waals surface area contributed by atoms with E-state index in [1.165, 1.54) is 0 Å². The van der Waals surface area contributed by atoms with E-state index in [9.17, 15) is 13.6 Å². The number of carbonyl (C=O) groups is 1. The number of alkyl carbamates (subject to hydrolysis) is 1. The lowest BCUT2D eigenvalue weighted by atomic mass is 10.2. The zero-order valence-corrected chi connectivity index (χ0v) is 11.3. The molecule has 0 aromatic rings. The van der Waals surface area contributed by atoms with Crippen LogP contribution in [0.1, 0.15) is 27.7 Å². The Morgan fingerprint density at radius 1 is 1.33 bits per heavy atom. The van der Waals surface area contributed by atoms with Crippen molar-refractivity contribution in [2.45, 2.75) is 45.3 Å². The highest BCUT2D eigenvalue weighted by Crippen LogP contribution is 2.11. The van der Waals surface area contributed by atoms with Crippen LogP contribution in [0.4, 0.5) is 13.6 Å². The molecule has 1 amide bonds. The second-order valence-corrected chi connectivity index (χ2v) is 5.23. The highest BCUT2D eigenvalue weighted by Gasteiger charge is 2.30. The van der Waals surface area contributed by atoms with Crippen molar-refractivity contribution >= 4 is 6.09 Å². The molecule has 0 bridgehead atoms. The summed E-state index contributed by atoms with van der Waals surface area (Å²) >= 11 is 0. The number of amides is 1. The molecule has 0 radical (unpaired) electrons. The fourth-order valence-electron chi connectivity index (χ4n) is 0.985. The van der Waals surface area contributed by atoms with Gasteiger partial charge in [0.2, 0.25) is 0 Å². The highest BCUT2D eigenvalue weighted by molar-refractivity contribution is 5.67. The lowest BCUT2D eigenvalue weighted by molar-refractivity contribution is -0.00501. The van der Waals surface area contributed by atoms with Crippen LogP contribution in [-0.4, -0.2) is 43.3 Å². The molecule has 0 rings (SSSR count). The fraction of sp³-hybridized carbons (Fsp3) is 0.909. The van der Waals surface area contributed by atoms with Crippen molar-refractivity contribution in [1.29, 1.82) is 0 Å². The van der Waals surface area contributed by atoms with E-state index in [1.54, 1.807) is 27.7 Å². The van der Waals surface area contributed by atoms with Crippen LogP contribution < -0.4 is 16.4 Å². The first-order chi connectivity index (χ1) is 8.06. The quantitative estimate of drug-likeness (QED) is 0.673. The molecule has 7 heteroatoms. The molecule has 0 saturated carbocycles. The topological polar surface area (TPSA) is 76.4 Å². The van der Waals surface area contributed by atoms with Gasteiger partial charge in [-0.05, 0) is 27.7 Å². The van der Waals surface area contributed by atoms with Gasteiger partial charge in [-0.1, -0.05) is 0 Å². The summed E-state index contributed by atoms with van der Waals surface area (Å²) in [5.41, 5.74) is 4.59. The summed E-state index contributed by atoms with van der Waals surface area (Å²) in [6, 6.07) is -0.197. The summed E-state index contributed by atoms with van der Waals surface area (Å²) in [5, 5.41) is 4.62. The molecule has 0 fully saturated rings. The monoisotopic (exact) mass is 267 g/mol. The molecule has 18 heavy (non-hydrogen) atoms. The Balaban J connectivity index is 3.99. The van der Waals surface area contributed by atoms with Gasteiger partial charge in [-0.3, -0.25) is 0 Å². The third-order valence-corrected chi connectivity index (χ3v) is 1.95. The van der Waals surface area contributed by atoms with Crippen LogP contribution in [0.15, 0.2) is 0 Å². The molecule has 5 nitrogen and oxygen atoms in total. The van der Waals surface area contributed by atoms with E-state index in [2.05, 4.69) is 5.32 Å². The Kier molecular flexibility index (Phi) is 6.48. The third-order valence-electron chi connectivity index (χ3n) is 1.95. The maximum atomic E-state index is 13.3. The van der Waals surface area contributed by atoms with Crippen molar-refractivity contribution in [3.8, 4) is 0 Å². The normalized spacial score (nSPS) is 14.2. The van der Waals surface area contributed by atoms with E-state index >= 15 is 0 Å². The van der Waals surface area contributed by atoms with Crippen LogP contribution in [0, 0.1) is 0 Å². The number of nitrogens with one attached hydrogen (secondary N) is 2. The number of halogens is 2. The number of nitrogens with two attached hydrogens (primary N) is 1. The minimum absolute atomic E-state index is 0.197. The summed E-state index contributed by atoms with van der Waals surface area (Å²) in [7, 11) is 0. The largest absolute Gasteiger partial charge is 0.444 e. The summed E-state index contributed by atoms with van der Waals surface area (Å²) in [5.74, 6) is -3.04. The Hall–Kier alpha value is -0.950. The number of hydrogen-bond acceptors (Lipinski definition) is 4. The first kappa shape index (κ1) is 17.1. The molecule has 0 aliphatic carbocycles. The standard InChI is InChI=1S/C11H23F2N3O2/c1-8(5-14)15-6-11(12,13)7-16-9(17)18-10(2,3)4/h8,15H,5-7,14H2,1-4H3,(H,16,17).